The first-order valence-corrected chi connectivity index (χ1v) is 6.01. The van der Waals surface area contributed by atoms with Crippen molar-refractivity contribution in [1.82, 2.24) is 9.97 Å². The van der Waals surface area contributed by atoms with Crippen molar-refractivity contribution in [2.24, 2.45) is 5.73 Å². The zero-order valence-electron chi connectivity index (χ0n) is 10.2. The van der Waals surface area contributed by atoms with E-state index < -0.39 is 0 Å². The summed E-state index contributed by atoms with van der Waals surface area (Å²) in [4.78, 5) is 7.85. The first-order chi connectivity index (χ1) is 8.79. The van der Waals surface area contributed by atoms with Gasteiger partial charge >= 0.3 is 0 Å². The van der Waals surface area contributed by atoms with Crippen molar-refractivity contribution < 1.29 is 4.42 Å². The lowest BCUT2D eigenvalue weighted by Crippen LogP contribution is -2.02. The number of rotatable bonds is 3. The second-order valence-electron chi connectivity index (χ2n) is 4.34. The largest absolute Gasteiger partial charge is 0.448 e. The van der Waals surface area contributed by atoms with Gasteiger partial charge in [0.1, 0.15) is 12.0 Å². The molecule has 0 saturated carbocycles. The predicted molar refractivity (Wildman–Crippen MR) is 71.3 cm³/mol. The first kappa shape index (κ1) is 11.0. The Morgan fingerprint density at radius 1 is 1.33 bits per heavy atom. The highest BCUT2D eigenvalue weighted by molar-refractivity contribution is 5.96. The van der Waals surface area contributed by atoms with Gasteiger partial charge in [-0.25, -0.2) is 4.98 Å². The molecule has 3 aromatic rings. The van der Waals surface area contributed by atoms with Gasteiger partial charge in [0.2, 0.25) is 0 Å². The Balaban J connectivity index is 2.15. The van der Waals surface area contributed by atoms with E-state index in [1.54, 1.807) is 6.26 Å². The van der Waals surface area contributed by atoms with Crippen molar-refractivity contribution in [2.45, 2.75) is 13.3 Å². The molecule has 3 rings (SSSR count). The molecule has 1 aromatic carbocycles. The second kappa shape index (κ2) is 4.31. The van der Waals surface area contributed by atoms with Crippen LogP contribution < -0.4 is 5.73 Å². The highest BCUT2D eigenvalue weighted by atomic mass is 16.3. The first-order valence-electron chi connectivity index (χ1n) is 6.01. The fourth-order valence-corrected chi connectivity index (χ4v) is 2.27. The Bertz CT molecular complexity index is 681. The van der Waals surface area contributed by atoms with Crippen molar-refractivity contribution >= 4 is 10.9 Å². The molecule has 2 heterocycles. The fraction of sp³-hybridized carbons (Fsp3) is 0.214. The molecule has 92 valence electrons. The van der Waals surface area contributed by atoms with E-state index in [-0.39, 0.29) is 0 Å². The molecular formula is C14H15N3O. The van der Waals surface area contributed by atoms with E-state index >= 15 is 0 Å². The summed E-state index contributed by atoms with van der Waals surface area (Å²) in [7, 11) is 0. The normalized spacial score (nSPS) is 11.2. The number of aryl methyl sites for hydroxylation is 1. The minimum absolute atomic E-state index is 0.548. The quantitative estimate of drug-likeness (QED) is 0.740. The standard InChI is InChI=1S/C14H15N3O/c1-9-14(10-4-2-3-5-11(10)16-9)12-8-18-13(17-12)6-7-15/h2-5,8,16H,6-7,15H2,1H3. The van der Waals surface area contributed by atoms with Crippen LogP contribution in [-0.4, -0.2) is 16.5 Å². The Morgan fingerprint density at radius 3 is 3.00 bits per heavy atom. The lowest BCUT2D eigenvalue weighted by atomic mass is 10.1. The van der Waals surface area contributed by atoms with Gasteiger partial charge in [-0.3, -0.25) is 0 Å². The third-order valence-corrected chi connectivity index (χ3v) is 3.06. The van der Waals surface area contributed by atoms with Gasteiger partial charge in [0, 0.05) is 35.1 Å². The zero-order chi connectivity index (χ0) is 12.5. The minimum Gasteiger partial charge on any atom is -0.448 e. The average molecular weight is 241 g/mol. The van der Waals surface area contributed by atoms with Gasteiger partial charge < -0.3 is 15.1 Å². The van der Waals surface area contributed by atoms with E-state index in [0.29, 0.717) is 18.9 Å². The monoisotopic (exact) mass is 241 g/mol. The summed E-state index contributed by atoms with van der Waals surface area (Å²) in [5.74, 6) is 0.692. The number of hydrogen-bond donors (Lipinski definition) is 2. The summed E-state index contributed by atoms with van der Waals surface area (Å²) in [5.41, 5.74) is 9.70. The van der Waals surface area contributed by atoms with Crippen LogP contribution in [0, 0.1) is 6.92 Å². The predicted octanol–water partition coefficient (Wildman–Crippen LogP) is 2.63. The summed E-state index contributed by atoms with van der Waals surface area (Å²) in [6.45, 7) is 2.60. The van der Waals surface area contributed by atoms with Crippen LogP contribution in [0.3, 0.4) is 0 Å². The molecule has 4 nitrogen and oxygen atoms in total. The molecule has 2 aromatic heterocycles. The molecule has 0 atom stereocenters. The number of oxazole rings is 1. The van der Waals surface area contributed by atoms with Crippen LogP contribution in [0.15, 0.2) is 34.9 Å². The molecule has 0 radical (unpaired) electrons. The number of nitrogens with zero attached hydrogens (tertiary/aromatic N) is 1. The number of aromatic amines is 1. The summed E-state index contributed by atoms with van der Waals surface area (Å²) < 4.78 is 5.43. The molecular weight excluding hydrogens is 226 g/mol. The van der Waals surface area contributed by atoms with Crippen molar-refractivity contribution in [1.29, 1.82) is 0 Å². The third-order valence-electron chi connectivity index (χ3n) is 3.06. The van der Waals surface area contributed by atoms with Crippen LogP contribution in [0.4, 0.5) is 0 Å². The molecule has 0 spiro atoms. The number of benzene rings is 1. The fourth-order valence-electron chi connectivity index (χ4n) is 2.27. The molecule has 0 fully saturated rings. The van der Waals surface area contributed by atoms with Crippen molar-refractivity contribution in [3.63, 3.8) is 0 Å². The van der Waals surface area contributed by atoms with Gasteiger partial charge in [-0.1, -0.05) is 18.2 Å². The molecule has 0 saturated heterocycles. The number of para-hydroxylation sites is 1. The van der Waals surface area contributed by atoms with Gasteiger partial charge in [0.05, 0.1) is 0 Å². The van der Waals surface area contributed by atoms with Gasteiger partial charge in [-0.05, 0) is 13.0 Å². The van der Waals surface area contributed by atoms with E-state index in [9.17, 15) is 0 Å². The van der Waals surface area contributed by atoms with Crippen molar-refractivity contribution in [3.05, 3.63) is 42.1 Å². The zero-order valence-corrected chi connectivity index (χ0v) is 10.2. The number of fused-ring (bicyclic) bond motifs is 1. The maximum absolute atomic E-state index is 5.50. The Kier molecular flexibility index (Phi) is 2.64. The number of hydrogen-bond acceptors (Lipinski definition) is 3. The topological polar surface area (TPSA) is 67.8 Å². The summed E-state index contributed by atoms with van der Waals surface area (Å²) in [5, 5.41) is 1.17. The molecule has 3 N–H and O–H groups in total. The van der Waals surface area contributed by atoms with Crippen LogP contribution in [0.2, 0.25) is 0 Å². The highest BCUT2D eigenvalue weighted by Crippen LogP contribution is 2.31. The van der Waals surface area contributed by atoms with E-state index in [1.165, 1.54) is 5.39 Å². The maximum Gasteiger partial charge on any atom is 0.195 e. The van der Waals surface area contributed by atoms with Crippen LogP contribution in [0.25, 0.3) is 22.2 Å². The number of aromatic nitrogens is 2. The number of nitrogens with one attached hydrogen (secondary N) is 1. The smallest absolute Gasteiger partial charge is 0.195 e. The molecule has 0 amide bonds. The SMILES string of the molecule is Cc1[nH]c2ccccc2c1-c1coc(CCN)n1. The van der Waals surface area contributed by atoms with Gasteiger partial charge in [0.25, 0.3) is 0 Å². The Hall–Kier alpha value is -2.07. The lowest BCUT2D eigenvalue weighted by molar-refractivity contribution is 0.496. The molecule has 18 heavy (non-hydrogen) atoms. The molecule has 0 aliphatic heterocycles. The molecule has 0 aliphatic rings. The number of H-pyrrole nitrogens is 1. The van der Waals surface area contributed by atoms with Crippen LogP contribution in [-0.2, 0) is 6.42 Å². The maximum atomic E-state index is 5.50. The number of nitrogens with two attached hydrogens (primary N) is 1. The van der Waals surface area contributed by atoms with Crippen LogP contribution >= 0.6 is 0 Å². The van der Waals surface area contributed by atoms with Crippen molar-refractivity contribution in [3.8, 4) is 11.3 Å². The molecule has 0 unspecified atom stereocenters. The molecule has 0 aliphatic carbocycles. The molecule has 0 bridgehead atoms. The second-order valence-corrected chi connectivity index (χ2v) is 4.34. The average Bonchev–Trinajstić information content (AvgIpc) is 2.92. The van der Waals surface area contributed by atoms with E-state index in [4.69, 9.17) is 10.2 Å². The van der Waals surface area contributed by atoms with Gasteiger partial charge in [-0.15, -0.1) is 0 Å². The van der Waals surface area contributed by atoms with Crippen LogP contribution in [0.5, 0.6) is 0 Å². The van der Waals surface area contributed by atoms with Crippen LogP contribution in [0.1, 0.15) is 11.6 Å². The third kappa shape index (κ3) is 1.71. The van der Waals surface area contributed by atoms with Crippen molar-refractivity contribution in [2.75, 3.05) is 6.54 Å². The van der Waals surface area contributed by atoms with E-state index in [2.05, 4.69) is 22.1 Å². The Morgan fingerprint density at radius 2 is 2.17 bits per heavy atom. The summed E-state index contributed by atoms with van der Waals surface area (Å²) >= 11 is 0. The summed E-state index contributed by atoms with van der Waals surface area (Å²) in [6, 6.07) is 8.20. The van der Waals surface area contributed by atoms with E-state index in [0.717, 1.165) is 22.5 Å². The highest BCUT2D eigenvalue weighted by Gasteiger charge is 2.13. The summed E-state index contributed by atoms with van der Waals surface area (Å²) in [6.07, 6.45) is 2.37. The molecule has 4 heteroatoms. The lowest BCUT2D eigenvalue weighted by Gasteiger charge is -1.95. The Labute approximate surface area is 105 Å². The van der Waals surface area contributed by atoms with Gasteiger partial charge in [-0.2, -0.15) is 0 Å². The van der Waals surface area contributed by atoms with E-state index in [1.807, 2.05) is 19.1 Å². The minimum atomic E-state index is 0.548. The van der Waals surface area contributed by atoms with Gasteiger partial charge in [0.15, 0.2) is 5.89 Å².